The molecule has 0 saturated carbocycles. The first-order valence-electron chi connectivity index (χ1n) is 3.60. The molecule has 0 N–H and O–H groups in total. The Morgan fingerprint density at radius 3 is 2.85 bits per heavy atom. The summed E-state index contributed by atoms with van der Waals surface area (Å²) in [5.74, 6) is -2.05. The molecule has 0 bridgehead atoms. The molecular weight excluding hydrogens is 193 g/mol. The van der Waals surface area contributed by atoms with Crippen molar-refractivity contribution in [2.45, 2.75) is 12.7 Å². The van der Waals surface area contributed by atoms with Gasteiger partial charge in [-0.15, -0.1) is 0 Å². The highest BCUT2D eigenvalue weighted by molar-refractivity contribution is 6.30. The van der Waals surface area contributed by atoms with Gasteiger partial charge in [-0.3, -0.25) is 0 Å². The van der Waals surface area contributed by atoms with Gasteiger partial charge in [0.1, 0.15) is 0 Å². The second-order valence-electron chi connectivity index (χ2n) is 2.67. The largest absolute Gasteiger partial charge is 0.238 e. The minimum Gasteiger partial charge on any atom is -0.212 e. The molecule has 1 rings (SSSR count). The fraction of sp³-hybridized carbons (Fsp3) is 0.222. The van der Waals surface area contributed by atoms with Gasteiger partial charge in [-0.05, 0) is 19.1 Å². The lowest BCUT2D eigenvalue weighted by Crippen LogP contribution is -2.10. The van der Waals surface area contributed by atoms with Crippen LogP contribution in [0, 0.1) is 0 Å². The van der Waals surface area contributed by atoms with Gasteiger partial charge < -0.3 is 0 Å². The van der Waals surface area contributed by atoms with E-state index in [0.29, 0.717) is 5.02 Å². The van der Waals surface area contributed by atoms with Gasteiger partial charge in [0.25, 0.3) is 0 Å². The Morgan fingerprint density at radius 2 is 2.31 bits per heavy atom. The van der Waals surface area contributed by atoms with Crippen LogP contribution in [0.15, 0.2) is 29.3 Å². The van der Waals surface area contributed by atoms with Gasteiger partial charge in [-0.1, -0.05) is 23.7 Å². The number of hydrogen-bond donors (Lipinski definition) is 0. The van der Waals surface area contributed by atoms with Crippen LogP contribution < -0.4 is 0 Å². The van der Waals surface area contributed by atoms with Gasteiger partial charge in [-0.25, -0.2) is 9.18 Å². The zero-order valence-corrected chi connectivity index (χ0v) is 7.68. The molecule has 1 aromatic carbocycles. The molecule has 0 aliphatic carbocycles. The van der Waals surface area contributed by atoms with E-state index in [2.05, 4.69) is 4.99 Å². The Labute approximate surface area is 80.1 Å². The molecule has 0 aliphatic heterocycles. The van der Waals surface area contributed by atoms with Gasteiger partial charge in [0, 0.05) is 10.6 Å². The van der Waals surface area contributed by atoms with Crippen LogP contribution in [0.25, 0.3) is 0 Å². The first-order valence-corrected chi connectivity index (χ1v) is 3.98. The first kappa shape index (κ1) is 9.90. The average molecular weight is 200 g/mol. The van der Waals surface area contributed by atoms with E-state index in [-0.39, 0.29) is 5.56 Å². The maximum atomic E-state index is 13.5. The van der Waals surface area contributed by atoms with Gasteiger partial charge in [0.15, 0.2) is 0 Å². The van der Waals surface area contributed by atoms with E-state index < -0.39 is 5.79 Å². The minimum atomic E-state index is -2.05. The van der Waals surface area contributed by atoms with Crippen molar-refractivity contribution in [1.82, 2.24) is 0 Å². The van der Waals surface area contributed by atoms with Crippen LogP contribution in [0.1, 0.15) is 12.5 Å². The highest BCUT2D eigenvalue weighted by Crippen LogP contribution is 2.28. The molecule has 1 unspecified atom stereocenters. The van der Waals surface area contributed by atoms with Crippen LogP contribution in [-0.2, 0) is 10.6 Å². The first-order chi connectivity index (χ1) is 6.06. The van der Waals surface area contributed by atoms with Crippen LogP contribution in [0.5, 0.6) is 0 Å². The van der Waals surface area contributed by atoms with Crippen molar-refractivity contribution in [3.05, 3.63) is 34.9 Å². The van der Waals surface area contributed by atoms with Gasteiger partial charge in [0.2, 0.25) is 11.9 Å². The second-order valence-corrected chi connectivity index (χ2v) is 3.10. The summed E-state index contributed by atoms with van der Waals surface area (Å²) in [5.41, 5.74) is 0.239. The van der Waals surface area contributed by atoms with E-state index in [9.17, 15) is 9.18 Å². The molecular formula is C9H7ClFNO. The number of alkyl halides is 1. The lowest BCUT2D eigenvalue weighted by Gasteiger charge is -2.13. The maximum Gasteiger partial charge on any atom is 0.238 e. The maximum absolute atomic E-state index is 13.5. The van der Waals surface area contributed by atoms with E-state index in [1.165, 1.54) is 25.1 Å². The molecule has 0 fully saturated rings. The Balaban J connectivity index is 3.13. The Morgan fingerprint density at radius 1 is 1.62 bits per heavy atom. The fourth-order valence-corrected chi connectivity index (χ4v) is 1.11. The molecule has 4 heteroatoms. The minimum absolute atomic E-state index is 0.239. The number of aliphatic imine (C=N–C) groups is 1. The smallest absolute Gasteiger partial charge is 0.212 e. The number of carbonyl (C=O) groups excluding carboxylic acids is 1. The average Bonchev–Trinajstić information content (AvgIpc) is 2.04. The SMILES string of the molecule is CC(F)(N=C=O)c1cccc(Cl)c1. The summed E-state index contributed by atoms with van der Waals surface area (Å²) >= 11 is 5.64. The third kappa shape index (κ3) is 2.38. The van der Waals surface area contributed by atoms with Crippen LogP contribution in [0.2, 0.25) is 5.02 Å². The molecule has 0 aliphatic rings. The topological polar surface area (TPSA) is 29.4 Å². The van der Waals surface area contributed by atoms with Crippen molar-refractivity contribution in [2.24, 2.45) is 4.99 Å². The summed E-state index contributed by atoms with van der Waals surface area (Å²) in [6.07, 6.45) is 1.18. The zero-order valence-electron chi connectivity index (χ0n) is 6.92. The van der Waals surface area contributed by atoms with Crippen molar-refractivity contribution in [3.8, 4) is 0 Å². The summed E-state index contributed by atoms with van der Waals surface area (Å²) in [6.45, 7) is 1.17. The van der Waals surface area contributed by atoms with Gasteiger partial charge >= 0.3 is 0 Å². The predicted molar refractivity (Wildman–Crippen MR) is 48.0 cm³/mol. The van der Waals surface area contributed by atoms with Crippen LogP contribution in [0.3, 0.4) is 0 Å². The molecule has 13 heavy (non-hydrogen) atoms. The Bertz CT molecular complexity index is 358. The molecule has 1 atom stereocenters. The number of halogens is 2. The molecule has 0 spiro atoms. The van der Waals surface area contributed by atoms with Crippen molar-refractivity contribution >= 4 is 17.7 Å². The zero-order chi connectivity index (χ0) is 9.90. The number of rotatable bonds is 2. The third-order valence-corrected chi connectivity index (χ3v) is 1.84. The normalized spacial score (nSPS) is 14.4. The van der Waals surface area contributed by atoms with Gasteiger partial charge in [-0.2, -0.15) is 4.99 Å². The summed E-state index contributed by atoms with van der Waals surface area (Å²) < 4.78 is 13.5. The standard InChI is InChI=1S/C9H7ClFNO/c1-9(11,12-6-13)7-3-2-4-8(10)5-7/h2-5H,1H3. The summed E-state index contributed by atoms with van der Waals surface area (Å²) in [6, 6.07) is 6.14. The molecule has 0 radical (unpaired) electrons. The van der Waals surface area contributed by atoms with Gasteiger partial charge in [0.05, 0.1) is 0 Å². The molecule has 2 nitrogen and oxygen atoms in total. The van der Waals surface area contributed by atoms with Crippen molar-refractivity contribution in [1.29, 1.82) is 0 Å². The van der Waals surface area contributed by atoms with Crippen LogP contribution >= 0.6 is 11.6 Å². The quantitative estimate of drug-likeness (QED) is 0.409. The number of isocyanates is 1. The van der Waals surface area contributed by atoms with Crippen molar-refractivity contribution in [3.63, 3.8) is 0 Å². The highest BCUT2D eigenvalue weighted by Gasteiger charge is 2.24. The van der Waals surface area contributed by atoms with Crippen LogP contribution in [0.4, 0.5) is 4.39 Å². The Hall–Kier alpha value is -1.18. The molecule has 0 saturated heterocycles. The van der Waals surface area contributed by atoms with E-state index in [4.69, 9.17) is 11.6 Å². The second kappa shape index (κ2) is 3.69. The van der Waals surface area contributed by atoms with Crippen LogP contribution in [-0.4, -0.2) is 6.08 Å². The van der Waals surface area contributed by atoms with E-state index in [1.807, 2.05) is 0 Å². The molecule has 0 heterocycles. The van der Waals surface area contributed by atoms with Crippen molar-refractivity contribution in [2.75, 3.05) is 0 Å². The molecule has 0 aromatic heterocycles. The van der Waals surface area contributed by atoms with Crippen molar-refractivity contribution < 1.29 is 9.18 Å². The Kier molecular flexibility index (Phi) is 2.81. The summed E-state index contributed by atoms with van der Waals surface area (Å²) in [4.78, 5) is 13.0. The van der Waals surface area contributed by atoms with E-state index in [0.717, 1.165) is 0 Å². The molecule has 68 valence electrons. The number of benzene rings is 1. The lowest BCUT2D eigenvalue weighted by molar-refractivity contribution is 0.206. The highest BCUT2D eigenvalue weighted by atomic mass is 35.5. The summed E-state index contributed by atoms with van der Waals surface area (Å²) in [7, 11) is 0. The monoisotopic (exact) mass is 199 g/mol. The summed E-state index contributed by atoms with van der Waals surface area (Å²) in [5, 5.41) is 0.405. The third-order valence-electron chi connectivity index (χ3n) is 1.61. The fourth-order valence-electron chi connectivity index (χ4n) is 0.923. The van der Waals surface area contributed by atoms with E-state index >= 15 is 0 Å². The molecule has 0 amide bonds. The lowest BCUT2D eigenvalue weighted by atomic mass is 10.1. The number of nitrogens with zero attached hydrogens (tertiary/aromatic N) is 1. The predicted octanol–water partition coefficient (Wildman–Crippen LogP) is 2.82. The molecule has 1 aromatic rings. The van der Waals surface area contributed by atoms with E-state index in [1.54, 1.807) is 12.1 Å². The number of hydrogen-bond acceptors (Lipinski definition) is 2.